The largest absolute Gasteiger partial charge is 0.493 e. The Bertz CT molecular complexity index is 1020. The number of thiophene rings is 1. The molecule has 0 spiro atoms. The smallest absolute Gasteiger partial charge is 0.234 e. The van der Waals surface area contributed by atoms with Crippen LogP contribution in [-0.4, -0.2) is 53.4 Å². The Hall–Kier alpha value is -2.56. The molecule has 164 valence electrons. The molecule has 1 N–H and O–H groups in total. The molecular weight excluding hydrogens is 436 g/mol. The first-order chi connectivity index (χ1) is 15.2. The Morgan fingerprint density at radius 1 is 1.29 bits per heavy atom. The number of ether oxygens (including phenoxy) is 3. The molecule has 1 atom stereocenters. The summed E-state index contributed by atoms with van der Waals surface area (Å²) in [6.45, 7) is 1.47. The van der Waals surface area contributed by atoms with Crippen molar-refractivity contribution in [3.8, 4) is 22.2 Å². The molecule has 2 aromatic heterocycles. The van der Waals surface area contributed by atoms with Crippen LogP contribution in [0, 0.1) is 0 Å². The van der Waals surface area contributed by atoms with Gasteiger partial charge in [-0.1, -0.05) is 17.8 Å². The lowest BCUT2D eigenvalue weighted by Crippen LogP contribution is -2.18. The predicted octanol–water partition coefficient (Wildman–Crippen LogP) is 3.93. The number of nitrogens with zero attached hydrogens (tertiary/aromatic N) is 3. The number of benzene rings is 1. The maximum Gasteiger partial charge on any atom is 0.234 e. The van der Waals surface area contributed by atoms with E-state index >= 15 is 0 Å². The summed E-state index contributed by atoms with van der Waals surface area (Å²) in [6, 6.07) is 9.29. The van der Waals surface area contributed by atoms with E-state index in [2.05, 4.69) is 20.1 Å². The highest BCUT2D eigenvalue weighted by molar-refractivity contribution is 7.99. The first kappa shape index (κ1) is 21.7. The van der Waals surface area contributed by atoms with Crippen LogP contribution >= 0.6 is 23.1 Å². The molecule has 1 aromatic carbocycles. The van der Waals surface area contributed by atoms with E-state index in [1.54, 1.807) is 43.8 Å². The third-order valence-corrected chi connectivity index (χ3v) is 6.70. The summed E-state index contributed by atoms with van der Waals surface area (Å²) in [7, 11) is 3.13. The topological polar surface area (TPSA) is 87.5 Å². The molecule has 1 aliphatic heterocycles. The van der Waals surface area contributed by atoms with Crippen LogP contribution in [0.5, 0.6) is 11.5 Å². The standard InChI is InChI=1S/C21H24N4O4S2/c1-27-16-8-7-14(11-17(16)28-2)22-19(26)13-31-21-24-23-20(18-6-4-10-30-18)25(21)12-15-5-3-9-29-15/h4,6-8,10-11,15H,3,5,9,12-13H2,1-2H3,(H,22,26). The van der Waals surface area contributed by atoms with Crippen LogP contribution < -0.4 is 14.8 Å². The van der Waals surface area contributed by atoms with Crippen LogP contribution in [0.25, 0.3) is 10.7 Å². The highest BCUT2D eigenvalue weighted by Gasteiger charge is 2.22. The molecule has 0 radical (unpaired) electrons. The summed E-state index contributed by atoms with van der Waals surface area (Å²) in [4.78, 5) is 13.6. The zero-order chi connectivity index (χ0) is 21.6. The number of nitrogens with one attached hydrogen (secondary N) is 1. The number of methoxy groups -OCH3 is 2. The molecule has 10 heteroatoms. The van der Waals surface area contributed by atoms with Crippen molar-refractivity contribution in [1.82, 2.24) is 14.8 Å². The van der Waals surface area contributed by atoms with E-state index in [0.29, 0.717) is 28.9 Å². The van der Waals surface area contributed by atoms with Gasteiger partial charge in [0.15, 0.2) is 22.5 Å². The summed E-state index contributed by atoms with van der Waals surface area (Å²) in [5, 5.41) is 14.4. The maximum atomic E-state index is 12.5. The number of thioether (sulfide) groups is 1. The third kappa shape index (κ3) is 5.20. The van der Waals surface area contributed by atoms with Gasteiger partial charge in [0.25, 0.3) is 0 Å². The predicted molar refractivity (Wildman–Crippen MR) is 121 cm³/mol. The van der Waals surface area contributed by atoms with E-state index in [0.717, 1.165) is 30.2 Å². The molecule has 3 aromatic rings. The van der Waals surface area contributed by atoms with E-state index in [9.17, 15) is 4.79 Å². The van der Waals surface area contributed by atoms with Gasteiger partial charge in [0.05, 0.1) is 37.5 Å². The molecule has 1 amide bonds. The summed E-state index contributed by atoms with van der Waals surface area (Å²) < 4.78 is 18.4. The molecule has 1 saturated heterocycles. The molecule has 3 heterocycles. The molecule has 0 saturated carbocycles. The average molecular weight is 461 g/mol. The number of hydrogen-bond acceptors (Lipinski definition) is 8. The number of hydrogen-bond donors (Lipinski definition) is 1. The van der Waals surface area contributed by atoms with E-state index in [1.165, 1.54) is 11.8 Å². The fourth-order valence-corrected chi connectivity index (χ4v) is 4.85. The van der Waals surface area contributed by atoms with Crippen LogP contribution in [0.15, 0.2) is 40.9 Å². The number of anilines is 1. The maximum absolute atomic E-state index is 12.5. The zero-order valence-electron chi connectivity index (χ0n) is 17.4. The van der Waals surface area contributed by atoms with E-state index in [-0.39, 0.29) is 17.8 Å². The first-order valence-electron chi connectivity index (χ1n) is 9.91. The second-order valence-corrected chi connectivity index (χ2v) is 8.83. The molecule has 0 aliphatic carbocycles. The highest BCUT2D eigenvalue weighted by atomic mass is 32.2. The summed E-state index contributed by atoms with van der Waals surface area (Å²) in [6.07, 6.45) is 2.23. The Morgan fingerprint density at radius 3 is 2.87 bits per heavy atom. The van der Waals surface area contributed by atoms with Gasteiger partial charge in [-0.15, -0.1) is 21.5 Å². The van der Waals surface area contributed by atoms with Gasteiger partial charge in [0.2, 0.25) is 5.91 Å². The Kier molecular flexibility index (Phi) is 7.10. The minimum absolute atomic E-state index is 0.137. The number of amides is 1. The Morgan fingerprint density at radius 2 is 2.16 bits per heavy atom. The molecule has 31 heavy (non-hydrogen) atoms. The lowest BCUT2D eigenvalue weighted by atomic mass is 10.2. The fourth-order valence-electron chi connectivity index (χ4n) is 3.38. The summed E-state index contributed by atoms with van der Waals surface area (Å²) >= 11 is 2.98. The average Bonchev–Trinajstić information content (AvgIpc) is 3.55. The van der Waals surface area contributed by atoms with Gasteiger partial charge >= 0.3 is 0 Å². The molecule has 0 bridgehead atoms. The van der Waals surface area contributed by atoms with Gasteiger partial charge in [-0.2, -0.15) is 0 Å². The van der Waals surface area contributed by atoms with Crippen LogP contribution in [0.4, 0.5) is 5.69 Å². The summed E-state index contributed by atoms with van der Waals surface area (Å²) in [5.41, 5.74) is 0.642. The number of carbonyl (C=O) groups is 1. The van der Waals surface area contributed by atoms with Crippen molar-refractivity contribution < 1.29 is 19.0 Å². The van der Waals surface area contributed by atoms with E-state index in [4.69, 9.17) is 14.2 Å². The van der Waals surface area contributed by atoms with Crippen molar-refractivity contribution in [3.05, 3.63) is 35.7 Å². The highest BCUT2D eigenvalue weighted by Crippen LogP contribution is 2.31. The van der Waals surface area contributed by atoms with Crippen molar-refractivity contribution in [2.75, 3.05) is 31.9 Å². The Labute approximate surface area is 188 Å². The van der Waals surface area contributed by atoms with Crippen molar-refractivity contribution >= 4 is 34.7 Å². The minimum Gasteiger partial charge on any atom is -0.493 e. The molecule has 1 aliphatic rings. The van der Waals surface area contributed by atoms with Crippen molar-refractivity contribution in [3.63, 3.8) is 0 Å². The van der Waals surface area contributed by atoms with Gasteiger partial charge < -0.3 is 19.5 Å². The van der Waals surface area contributed by atoms with E-state index < -0.39 is 0 Å². The van der Waals surface area contributed by atoms with Gasteiger partial charge in [-0.3, -0.25) is 9.36 Å². The van der Waals surface area contributed by atoms with E-state index in [1.807, 2.05) is 17.5 Å². The van der Waals surface area contributed by atoms with Gasteiger partial charge in [-0.05, 0) is 36.4 Å². The third-order valence-electron chi connectivity index (χ3n) is 4.87. The number of rotatable bonds is 9. The molecular formula is C21H24N4O4S2. The van der Waals surface area contributed by atoms with Crippen molar-refractivity contribution in [1.29, 1.82) is 0 Å². The molecule has 4 rings (SSSR count). The van der Waals surface area contributed by atoms with Gasteiger partial charge in [-0.25, -0.2) is 0 Å². The number of carbonyl (C=O) groups excluding carboxylic acids is 1. The first-order valence-corrected chi connectivity index (χ1v) is 11.8. The van der Waals surface area contributed by atoms with Gasteiger partial charge in [0, 0.05) is 18.4 Å². The lowest BCUT2D eigenvalue weighted by Gasteiger charge is -2.14. The van der Waals surface area contributed by atoms with Crippen LogP contribution in [0.3, 0.4) is 0 Å². The molecule has 1 fully saturated rings. The SMILES string of the molecule is COc1ccc(NC(=O)CSc2nnc(-c3cccs3)n2CC2CCCO2)cc1OC. The molecule has 8 nitrogen and oxygen atoms in total. The monoisotopic (exact) mass is 460 g/mol. The number of aromatic nitrogens is 3. The fraction of sp³-hybridized carbons (Fsp3) is 0.381. The lowest BCUT2D eigenvalue weighted by molar-refractivity contribution is -0.113. The summed E-state index contributed by atoms with van der Waals surface area (Å²) in [5.74, 6) is 2.06. The second kappa shape index (κ2) is 10.2. The van der Waals surface area contributed by atoms with Crippen molar-refractivity contribution in [2.45, 2.75) is 30.6 Å². The van der Waals surface area contributed by atoms with Crippen LogP contribution in [0.1, 0.15) is 12.8 Å². The second-order valence-electron chi connectivity index (χ2n) is 6.94. The van der Waals surface area contributed by atoms with Crippen LogP contribution in [-0.2, 0) is 16.1 Å². The molecule has 1 unspecified atom stereocenters. The normalized spacial score (nSPS) is 15.7. The van der Waals surface area contributed by atoms with Crippen LogP contribution in [0.2, 0.25) is 0 Å². The minimum atomic E-state index is -0.137. The zero-order valence-corrected chi connectivity index (χ0v) is 19.0. The Balaban J connectivity index is 1.44. The van der Waals surface area contributed by atoms with Gasteiger partial charge in [0.1, 0.15) is 0 Å². The quantitative estimate of drug-likeness (QED) is 0.484. The van der Waals surface area contributed by atoms with Crippen molar-refractivity contribution in [2.24, 2.45) is 0 Å².